The Balaban J connectivity index is 1.84. The van der Waals surface area contributed by atoms with Gasteiger partial charge in [0.1, 0.15) is 11.7 Å². The highest BCUT2D eigenvalue weighted by Crippen LogP contribution is 2.35. The molecule has 1 amide bonds. The number of carbonyl (C=O) groups is 2. The quantitative estimate of drug-likeness (QED) is 0.634. The van der Waals surface area contributed by atoms with Crippen LogP contribution in [0.25, 0.3) is 0 Å². The Hall–Kier alpha value is -2.69. The Bertz CT molecular complexity index is 745. The van der Waals surface area contributed by atoms with Gasteiger partial charge in [-0.25, -0.2) is 4.39 Å². The first kappa shape index (κ1) is 17.1. The number of hydrogen-bond acceptors (Lipinski definition) is 3. The fraction of sp³-hybridized carbons (Fsp3) is 0.300. The molecule has 2 aromatic carbocycles. The van der Waals surface area contributed by atoms with Gasteiger partial charge >= 0.3 is 5.97 Å². The summed E-state index contributed by atoms with van der Waals surface area (Å²) in [5.74, 6) is -2.32. The molecule has 130 valence electrons. The molecule has 0 aromatic heterocycles. The van der Waals surface area contributed by atoms with Crippen molar-refractivity contribution in [3.63, 3.8) is 0 Å². The van der Waals surface area contributed by atoms with Crippen LogP contribution >= 0.6 is 0 Å². The predicted octanol–water partition coefficient (Wildman–Crippen LogP) is 3.13. The summed E-state index contributed by atoms with van der Waals surface area (Å²) in [6.45, 7) is 1.01. The van der Waals surface area contributed by atoms with Crippen LogP contribution in [-0.4, -0.2) is 30.4 Å². The number of esters is 1. The Kier molecular flexibility index (Phi) is 5.12. The molecule has 3 rings (SSSR count). The summed E-state index contributed by atoms with van der Waals surface area (Å²) in [5.41, 5.74) is 1.80. The van der Waals surface area contributed by atoms with E-state index in [1.54, 1.807) is 17.0 Å². The van der Waals surface area contributed by atoms with Crippen molar-refractivity contribution in [2.75, 3.05) is 13.7 Å². The Labute approximate surface area is 146 Å². The van der Waals surface area contributed by atoms with Crippen LogP contribution in [0.4, 0.5) is 4.39 Å². The molecule has 1 aliphatic heterocycles. The van der Waals surface area contributed by atoms with Crippen LogP contribution in [0, 0.1) is 11.7 Å². The summed E-state index contributed by atoms with van der Waals surface area (Å²) in [6.07, 6.45) is 0.629. The number of halogens is 1. The van der Waals surface area contributed by atoms with E-state index < -0.39 is 11.9 Å². The Morgan fingerprint density at radius 2 is 1.84 bits per heavy atom. The zero-order valence-electron chi connectivity index (χ0n) is 14.0. The first-order valence-corrected chi connectivity index (χ1v) is 8.26. The van der Waals surface area contributed by atoms with Gasteiger partial charge < -0.3 is 9.64 Å². The van der Waals surface area contributed by atoms with Crippen molar-refractivity contribution in [2.24, 2.45) is 5.92 Å². The van der Waals surface area contributed by atoms with Gasteiger partial charge in [-0.2, -0.15) is 0 Å². The second-order valence-electron chi connectivity index (χ2n) is 6.19. The summed E-state index contributed by atoms with van der Waals surface area (Å²) in [5, 5.41) is 0. The number of carbonyl (C=O) groups excluding carboxylic acids is 2. The highest BCUT2D eigenvalue weighted by molar-refractivity contribution is 5.99. The maximum absolute atomic E-state index is 13.2. The van der Waals surface area contributed by atoms with Crippen molar-refractivity contribution in [1.29, 1.82) is 0 Å². The topological polar surface area (TPSA) is 46.6 Å². The van der Waals surface area contributed by atoms with Gasteiger partial charge in [0.05, 0.1) is 7.11 Å². The lowest BCUT2D eigenvalue weighted by molar-refractivity contribution is -0.157. The van der Waals surface area contributed by atoms with Gasteiger partial charge in [-0.05, 0) is 29.7 Å². The van der Waals surface area contributed by atoms with Gasteiger partial charge in [0.25, 0.3) is 0 Å². The zero-order chi connectivity index (χ0) is 17.8. The minimum absolute atomic E-state index is 0.240. The first-order chi connectivity index (χ1) is 12.1. The molecule has 0 unspecified atom stereocenters. The molecule has 0 saturated carbocycles. The number of ether oxygens (including phenoxy) is 1. The molecule has 0 radical (unpaired) electrons. The van der Waals surface area contributed by atoms with E-state index in [9.17, 15) is 14.0 Å². The summed E-state index contributed by atoms with van der Waals surface area (Å²) in [7, 11) is 1.29. The van der Waals surface area contributed by atoms with Crippen molar-refractivity contribution in [1.82, 2.24) is 4.90 Å². The van der Waals surface area contributed by atoms with E-state index in [0.717, 1.165) is 11.1 Å². The van der Waals surface area contributed by atoms with E-state index in [-0.39, 0.29) is 17.6 Å². The van der Waals surface area contributed by atoms with Gasteiger partial charge in [0.15, 0.2) is 0 Å². The fourth-order valence-electron chi connectivity index (χ4n) is 3.36. The van der Waals surface area contributed by atoms with E-state index in [1.807, 2.05) is 30.3 Å². The van der Waals surface area contributed by atoms with Crippen molar-refractivity contribution in [3.8, 4) is 0 Å². The van der Waals surface area contributed by atoms with E-state index >= 15 is 0 Å². The van der Waals surface area contributed by atoms with Crippen LogP contribution in [0.5, 0.6) is 0 Å². The molecule has 0 bridgehead atoms. The molecule has 4 nitrogen and oxygen atoms in total. The number of methoxy groups -OCH3 is 1. The van der Waals surface area contributed by atoms with Crippen molar-refractivity contribution >= 4 is 11.9 Å². The van der Waals surface area contributed by atoms with Crippen LogP contribution in [0.15, 0.2) is 54.6 Å². The average Bonchev–Trinajstić information content (AvgIpc) is 2.64. The average molecular weight is 341 g/mol. The number of hydrogen-bond donors (Lipinski definition) is 0. The second kappa shape index (κ2) is 7.47. The van der Waals surface area contributed by atoms with Gasteiger partial charge in [-0.3, -0.25) is 9.59 Å². The second-order valence-corrected chi connectivity index (χ2v) is 6.19. The number of rotatable bonds is 4. The third-order valence-corrected chi connectivity index (χ3v) is 4.66. The maximum Gasteiger partial charge on any atom is 0.318 e. The van der Waals surface area contributed by atoms with Crippen molar-refractivity contribution in [2.45, 2.75) is 18.9 Å². The van der Waals surface area contributed by atoms with Crippen LogP contribution in [-0.2, 0) is 20.9 Å². The number of nitrogens with zero attached hydrogens (tertiary/aromatic N) is 1. The van der Waals surface area contributed by atoms with Crippen molar-refractivity contribution in [3.05, 3.63) is 71.5 Å². The Morgan fingerprint density at radius 3 is 2.48 bits per heavy atom. The lowest BCUT2D eigenvalue weighted by Crippen LogP contribution is -2.47. The van der Waals surface area contributed by atoms with E-state index in [4.69, 9.17) is 4.74 Å². The molecular formula is C20H20FNO3. The highest BCUT2D eigenvalue weighted by Gasteiger charge is 2.42. The van der Waals surface area contributed by atoms with Gasteiger partial charge in [0.2, 0.25) is 5.91 Å². The summed E-state index contributed by atoms with van der Waals surface area (Å²) < 4.78 is 18.1. The predicted molar refractivity (Wildman–Crippen MR) is 91.1 cm³/mol. The number of piperidine rings is 1. The maximum atomic E-state index is 13.2. The molecule has 25 heavy (non-hydrogen) atoms. The molecule has 5 heteroatoms. The largest absolute Gasteiger partial charge is 0.468 e. The van der Waals surface area contributed by atoms with Gasteiger partial charge in [0, 0.05) is 19.0 Å². The summed E-state index contributed by atoms with van der Waals surface area (Å²) in [6, 6.07) is 15.6. The smallest absolute Gasteiger partial charge is 0.318 e. The number of likely N-dealkylation sites (tertiary alicyclic amines) is 1. The minimum atomic E-state index is -0.895. The highest BCUT2D eigenvalue weighted by atomic mass is 19.1. The Morgan fingerprint density at radius 1 is 1.16 bits per heavy atom. The molecule has 1 fully saturated rings. The lowest BCUT2D eigenvalue weighted by atomic mass is 9.79. The van der Waals surface area contributed by atoms with Crippen molar-refractivity contribution < 1.29 is 18.7 Å². The minimum Gasteiger partial charge on any atom is -0.468 e. The third-order valence-electron chi connectivity index (χ3n) is 4.66. The summed E-state index contributed by atoms with van der Waals surface area (Å²) >= 11 is 0. The molecule has 1 aliphatic rings. The SMILES string of the molecule is COC(=O)[C@H]1C(=O)N(Cc2ccccc2)CC[C@@H]1c1ccc(F)cc1. The number of benzene rings is 2. The first-order valence-electron chi connectivity index (χ1n) is 8.26. The normalized spacial score (nSPS) is 20.4. The zero-order valence-corrected chi connectivity index (χ0v) is 14.0. The monoisotopic (exact) mass is 341 g/mol. The van der Waals surface area contributed by atoms with Gasteiger partial charge in [-0.1, -0.05) is 42.5 Å². The molecule has 0 spiro atoms. The van der Waals surface area contributed by atoms with Crippen LogP contribution < -0.4 is 0 Å². The molecule has 0 aliphatic carbocycles. The third kappa shape index (κ3) is 3.71. The molecule has 2 aromatic rings. The number of amides is 1. The standard InChI is InChI=1S/C20H20FNO3/c1-25-20(24)18-17(15-7-9-16(21)10-8-15)11-12-22(19(18)23)13-14-5-3-2-4-6-14/h2-10,17-18H,11-13H2,1H3/t17-,18-/m1/s1. The molecule has 0 N–H and O–H groups in total. The van der Waals surface area contributed by atoms with E-state index in [0.29, 0.717) is 19.5 Å². The van der Waals surface area contributed by atoms with E-state index in [2.05, 4.69) is 0 Å². The van der Waals surface area contributed by atoms with E-state index in [1.165, 1.54) is 19.2 Å². The van der Waals surface area contributed by atoms with Crippen LogP contribution in [0.1, 0.15) is 23.5 Å². The molecule has 1 heterocycles. The lowest BCUT2D eigenvalue weighted by Gasteiger charge is -2.36. The molecular weight excluding hydrogens is 321 g/mol. The van der Waals surface area contributed by atoms with Gasteiger partial charge in [-0.15, -0.1) is 0 Å². The fourth-order valence-corrected chi connectivity index (χ4v) is 3.36. The molecule has 1 saturated heterocycles. The summed E-state index contributed by atoms with van der Waals surface area (Å²) in [4.78, 5) is 26.9. The van der Waals surface area contributed by atoms with Crippen LogP contribution in [0.2, 0.25) is 0 Å². The van der Waals surface area contributed by atoms with Crippen LogP contribution in [0.3, 0.4) is 0 Å². The molecule has 2 atom stereocenters.